The Balaban J connectivity index is 4.10. The van der Waals surface area contributed by atoms with Gasteiger partial charge in [0.05, 0.1) is 19.1 Å². The second-order valence-corrected chi connectivity index (χ2v) is 3.00. The summed E-state index contributed by atoms with van der Waals surface area (Å²) < 4.78 is 4.58. The van der Waals surface area contributed by atoms with E-state index >= 15 is 0 Å². The summed E-state index contributed by atoms with van der Waals surface area (Å²) in [6.45, 7) is 3.45. The first-order chi connectivity index (χ1) is 7.02. The van der Waals surface area contributed by atoms with Crippen molar-refractivity contribution in [1.29, 1.82) is 5.26 Å². The van der Waals surface area contributed by atoms with Gasteiger partial charge in [-0.15, -0.1) is 0 Å². The zero-order chi connectivity index (χ0) is 11.8. The number of nitrogens with two attached hydrogens (primary N) is 1. The van der Waals surface area contributed by atoms with E-state index in [2.05, 4.69) is 10.1 Å². The van der Waals surface area contributed by atoms with E-state index in [1.807, 2.05) is 6.07 Å². The predicted molar refractivity (Wildman–Crippen MR) is 52.4 cm³/mol. The minimum Gasteiger partial charge on any atom is -0.464 e. The van der Waals surface area contributed by atoms with Crippen molar-refractivity contribution in [1.82, 2.24) is 5.32 Å². The van der Waals surface area contributed by atoms with Crippen LogP contribution in [0.2, 0.25) is 0 Å². The first kappa shape index (κ1) is 13.4. The van der Waals surface area contributed by atoms with E-state index in [0.717, 1.165) is 0 Å². The van der Waals surface area contributed by atoms with Crippen LogP contribution in [-0.4, -0.2) is 30.6 Å². The molecule has 0 spiro atoms. The number of amides is 1. The van der Waals surface area contributed by atoms with E-state index in [0.29, 0.717) is 0 Å². The smallest absolute Gasteiger partial charge is 0.332 e. The van der Waals surface area contributed by atoms with Crippen LogP contribution < -0.4 is 11.1 Å². The normalized spacial score (nSPS) is 13.5. The number of ether oxygens (including phenoxy) is 1. The SMILES string of the molecule is CCOC(=O)C(N)C(=O)NC(C)CC#N. The third-order valence-electron chi connectivity index (χ3n) is 1.61. The summed E-state index contributed by atoms with van der Waals surface area (Å²) in [4.78, 5) is 22.3. The molecule has 0 aromatic rings. The molecule has 2 unspecified atom stereocenters. The van der Waals surface area contributed by atoms with Gasteiger partial charge in [-0.25, -0.2) is 4.79 Å². The molecular weight excluding hydrogens is 198 g/mol. The summed E-state index contributed by atoms with van der Waals surface area (Å²) in [5.74, 6) is -1.39. The number of hydrogen-bond donors (Lipinski definition) is 2. The topological polar surface area (TPSA) is 105 Å². The summed E-state index contributed by atoms with van der Waals surface area (Å²) in [6, 6.07) is 0.236. The molecule has 0 aliphatic heterocycles. The van der Waals surface area contributed by atoms with Gasteiger partial charge in [0, 0.05) is 6.04 Å². The third-order valence-corrected chi connectivity index (χ3v) is 1.61. The number of nitriles is 1. The highest BCUT2D eigenvalue weighted by molar-refractivity contribution is 6.01. The van der Waals surface area contributed by atoms with E-state index in [-0.39, 0.29) is 19.1 Å². The van der Waals surface area contributed by atoms with Crippen molar-refractivity contribution in [2.75, 3.05) is 6.61 Å². The van der Waals surface area contributed by atoms with Crippen LogP contribution >= 0.6 is 0 Å². The van der Waals surface area contributed by atoms with Crippen molar-refractivity contribution < 1.29 is 14.3 Å². The van der Waals surface area contributed by atoms with Gasteiger partial charge in [0.2, 0.25) is 5.91 Å². The Morgan fingerprint density at radius 2 is 2.20 bits per heavy atom. The molecular formula is C9H15N3O3. The molecule has 0 saturated carbocycles. The van der Waals surface area contributed by atoms with E-state index in [4.69, 9.17) is 11.0 Å². The molecule has 0 bridgehead atoms. The molecule has 0 heterocycles. The first-order valence-corrected chi connectivity index (χ1v) is 4.62. The Labute approximate surface area is 88.4 Å². The van der Waals surface area contributed by atoms with Gasteiger partial charge in [0.25, 0.3) is 0 Å². The minimum absolute atomic E-state index is 0.168. The van der Waals surface area contributed by atoms with E-state index in [9.17, 15) is 9.59 Å². The molecule has 84 valence electrons. The zero-order valence-electron chi connectivity index (χ0n) is 8.82. The third kappa shape index (κ3) is 4.98. The van der Waals surface area contributed by atoms with E-state index < -0.39 is 17.9 Å². The Kier molecular flexibility index (Phi) is 6.06. The van der Waals surface area contributed by atoms with Gasteiger partial charge in [-0.2, -0.15) is 5.26 Å². The standard InChI is InChI=1S/C9H15N3O3/c1-3-15-9(14)7(11)8(13)12-6(2)4-5-10/h6-7H,3-4,11H2,1-2H3,(H,12,13). The lowest BCUT2D eigenvalue weighted by Gasteiger charge is -2.14. The zero-order valence-corrected chi connectivity index (χ0v) is 8.82. The molecule has 1 amide bonds. The highest BCUT2D eigenvalue weighted by Crippen LogP contribution is 1.91. The van der Waals surface area contributed by atoms with Gasteiger partial charge in [-0.1, -0.05) is 0 Å². The lowest BCUT2D eigenvalue weighted by Crippen LogP contribution is -2.49. The van der Waals surface area contributed by atoms with Crippen molar-refractivity contribution in [3.63, 3.8) is 0 Å². The van der Waals surface area contributed by atoms with Crippen LogP contribution in [0.1, 0.15) is 20.3 Å². The average molecular weight is 213 g/mol. The molecule has 0 rings (SSSR count). The van der Waals surface area contributed by atoms with Crippen LogP contribution in [0.15, 0.2) is 0 Å². The maximum absolute atomic E-state index is 11.3. The predicted octanol–water partition coefficient (Wildman–Crippen LogP) is -0.705. The number of nitrogens with zero attached hydrogens (tertiary/aromatic N) is 1. The van der Waals surface area contributed by atoms with E-state index in [1.165, 1.54) is 0 Å². The molecule has 6 heteroatoms. The number of carbonyl (C=O) groups is 2. The van der Waals surface area contributed by atoms with E-state index in [1.54, 1.807) is 13.8 Å². The highest BCUT2D eigenvalue weighted by Gasteiger charge is 2.24. The summed E-state index contributed by atoms with van der Waals surface area (Å²) in [6.07, 6.45) is 0.168. The van der Waals surface area contributed by atoms with Crippen molar-refractivity contribution in [3.8, 4) is 6.07 Å². The van der Waals surface area contributed by atoms with Crippen LogP contribution in [0.4, 0.5) is 0 Å². The van der Waals surface area contributed by atoms with Crippen LogP contribution in [0.3, 0.4) is 0 Å². The number of carbonyl (C=O) groups excluding carboxylic acids is 2. The fourth-order valence-corrected chi connectivity index (χ4v) is 0.860. The van der Waals surface area contributed by atoms with Crippen LogP contribution in [0.25, 0.3) is 0 Å². The molecule has 3 N–H and O–H groups in total. The van der Waals surface area contributed by atoms with Gasteiger partial charge in [0.15, 0.2) is 6.04 Å². The summed E-state index contributed by atoms with van der Waals surface area (Å²) in [7, 11) is 0. The molecule has 0 radical (unpaired) electrons. The summed E-state index contributed by atoms with van der Waals surface area (Å²) in [5.41, 5.74) is 5.32. The molecule has 0 aliphatic carbocycles. The molecule has 15 heavy (non-hydrogen) atoms. The van der Waals surface area contributed by atoms with Crippen LogP contribution in [0.5, 0.6) is 0 Å². The fraction of sp³-hybridized carbons (Fsp3) is 0.667. The maximum Gasteiger partial charge on any atom is 0.332 e. The first-order valence-electron chi connectivity index (χ1n) is 4.62. The van der Waals surface area contributed by atoms with Crippen molar-refractivity contribution in [3.05, 3.63) is 0 Å². The quantitative estimate of drug-likeness (QED) is 0.464. The lowest BCUT2D eigenvalue weighted by atomic mass is 10.2. The van der Waals surface area contributed by atoms with Crippen molar-refractivity contribution in [2.24, 2.45) is 5.73 Å². The average Bonchev–Trinajstić information content (AvgIpc) is 2.17. The van der Waals surface area contributed by atoms with Gasteiger partial charge in [-0.05, 0) is 13.8 Å². The molecule has 6 nitrogen and oxygen atoms in total. The second kappa shape index (κ2) is 6.79. The maximum atomic E-state index is 11.3. The molecule has 0 aromatic carbocycles. The largest absolute Gasteiger partial charge is 0.464 e. The van der Waals surface area contributed by atoms with Gasteiger partial charge >= 0.3 is 5.97 Å². The Bertz CT molecular complexity index is 272. The number of esters is 1. The Morgan fingerprint density at radius 1 is 1.60 bits per heavy atom. The molecule has 0 aromatic heterocycles. The molecule has 0 saturated heterocycles. The minimum atomic E-state index is -1.33. The van der Waals surface area contributed by atoms with Crippen molar-refractivity contribution >= 4 is 11.9 Å². The lowest BCUT2D eigenvalue weighted by molar-refractivity contribution is -0.148. The highest BCUT2D eigenvalue weighted by atomic mass is 16.5. The fourth-order valence-electron chi connectivity index (χ4n) is 0.860. The number of nitrogens with one attached hydrogen (secondary N) is 1. The Hall–Kier alpha value is -1.61. The summed E-state index contributed by atoms with van der Waals surface area (Å²) >= 11 is 0. The van der Waals surface area contributed by atoms with Crippen LogP contribution in [-0.2, 0) is 14.3 Å². The monoisotopic (exact) mass is 213 g/mol. The van der Waals surface area contributed by atoms with Gasteiger partial charge in [0.1, 0.15) is 0 Å². The van der Waals surface area contributed by atoms with Crippen molar-refractivity contribution in [2.45, 2.75) is 32.4 Å². The van der Waals surface area contributed by atoms with Gasteiger partial charge < -0.3 is 15.8 Å². The van der Waals surface area contributed by atoms with Gasteiger partial charge in [-0.3, -0.25) is 4.79 Å². The molecule has 0 fully saturated rings. The second-order valence-electron chi connectivity index (χ2n) is 3.00. The number of hydrogen-bond acceptors (Lipinski definition) is 5. The molecule has 0 aliphatic rings. The number of rotatable bonds is 5. The molecule has 2 atom stereocenters. The van der Waals surface area contributed by atoms with Crippen LogP contribution in [0, 0.1) is 11.3 Å². The Morgan fingerprint density at radius 3 is 2.67 bits per heavy atom. The summed E-state index contributed by atoms with van der Waals surface area (Å²) in [5, 5.41) is 10.8.